The van der Waals surface area contributed by atoms with Crippen LogP contribution in [0.1, 0.15) is 29.5 Å². The van der Waals surface area contributed by atoms with E-state index in [-0.39, 0.29) is 0 Å². The van der Waals surface area contributed by atoms with Gasteiger partial charge in [0.15, 0.2) is 5.65 Å². The van der Waals surface area contributed by atoms with E-state index in [1.54, 1.807) is 6.33 Å². The molecule has 0 radical (unpaired) electrons. The predicted molar refractivity (Wildman–Crippen MR) is 83.6 cm³/mol. The maximum absolute atomic E-state index is 4.64. The van der Waals surface area contributed by atoms with Gasteiger partial charge in [-0.2, -0.15) is 10.2 Å². The zero-order valence-corrected chi connectivity index (χ0v) is 13.0. The van der Waals surface area contributed by atoms with Crippen LogP contribution in [-0.4, -0.2) is 42.4 Å². The van der Waals surface area contributed by atoms with Crippen LogP contribution in [-0.2, 0) is 6.54 Å². The molecule has 0 aromatic carbocycles. The van der Waals surface area contributed by atoms with Gasteiger partial charge in [-0.15, -0.1) is 0 Å². The lowest BCUT2D eigenvalue weighted by atomic mass is 10.2. The fourth-order valence-corrected chi connectivity index (χ4v) is 3.42. The topological polar surface area (TPSA) is 51.2 Å². The molecule has 0 amide bonds. The van der Waals surface area contributed by atoms with Gasteiger partial charge in [0.1, 0.15) is 6.33 Å². The van der Waals surface area contributed by atoms with Gasteiger partial charge in [0.05, 0.1) is 17.4 Å². The van der Waals surface area contributed by atoms with Crippen LogP contribution >= 0.6 is 0 Å². The smallest absolute Gasteiger partial charge is 0.155 e. The van der Waals surface area contributed by atoms with Crippen LogP contribution in [0, 0.1) is 13.8 Å². The van der Waals surface area contributed by atoms with Gasteiger partial charge in [-0.25, -0.2) is 9.50 Å². The zero-order chi connectivity index (χ0) is 15.1. The fraction of sp³-hybridized carbons (Fsp3) is 0.438. The van der Waals surface area contributed by atoms with Gasteiger partial charge in [-0.1, -0.05) is 6.07 Å². The van der Waals surface area contributed by atoms with E-state index in [0.29, 0.717) is 6.04 Å². The van der Waals surface area contributed by atoms with Crippen molar-refractivity contribution in [2.75, 3.05) is 13.1 Å². The highest BCUT2D eigenvalue weighted by Crippen LogP contribution is 2.24. The lowest BCUT2D eigenvalue weighted by Crippen LogP contribution is -2.23. The fourth-order valence-electron chi connectivity index (χ4n) is 3.42. The van der Waals surface area contributed by atoms with Crippen molar-refractivity contribution in [2.45, 2.75) is 32.9 Å². The van der Waals surface area contributed by atoms with Gasteiger partial charge in [0.25, 0.3) is 0 Å². The highest BCUT2D eigenvalue weighted by atomic mass is 15.3. The summed E-state index contributed by atoms with van der Waals surface area (Å²) < 4.78 is 4.11. The Kier molecular flexibility index (Phi) is 3.18. The highest BCUT2D eigenvalue weighted by molar-refractivity contribution is 5.37. The van der Waals surface area contributed by atoms with E-state index >= 15 is 0 Å². The van der Waals surface area contributed by atoms with Crippen LogP contribution < -0.4 is 0 Å². The van der Waals surface area contributed by atoms with Gasteiger partial charge in [-0.3, -0.25) is 9.58 Å². The van der Waals surface area contributed by atoms with Gasteiger partial charge >= 0.3 is 0 Å². The lowest BCUT2D eigenvalue weighted by molar-refractivity contribution is 0.304. The second-order valence-electron chi connectivity index (χ2n) is 6.10. The van der Waals surface area contributed by atoms with Gasteiger partial charge < -0.3 is 0 Å². The number of rotatable bonds is 3. The molecule has 1 aliphatic heterocycles. The zero-order valence-electron chi connectivity index (χ0n) is 13.0. The van der Waals surface area contributed by atoms with E-state index in [1.807, 2.05) is 16.6 Å². The van der Waals surface area contributed by atoms with Crippen LogP contribution in [0.15, 0.2) is 30.6 Å². The third kappa shape index (κ3) is 2.29. The summed E-state index contributed by atoms with van der Waals surface area (Å²) in [7, 11) is 0. The number of aromatic nitrogens is 5. The molecule has 1 atom stereocenters. The molecule has 1 saturated heterocycles. The Morgan fingerprint density at radius 2 is 2.18 bits per heavy atom. The number of hydrogen-bond donors (Lipinski definition) is 0. The van der Waals surface area contributed by atoms with Gasteiger partial charge in [0, 0.05) is 25.3 Å². The molecule has 3 aromatic heterocycles. The monoisotopic (exact) mass is 296 g/mol. The second-order valence-corrected chi connectivity index (χ2v) is 6.10. The quantitative estimate of drug-likeness (QED) is 0.741. The summed E-state index contributed by atoms with van der Waals surface area (Å²) in [5.41, 5.74) is 4.45. The van der Waals surface area contributed by atoms with Crippen molar-refractivity contribution in [3.05, 3.63) is 47.7 Å². The average Bonchev–Trinajstić information content (AvgIpc) is 3.19. The van der Waals surface area contributed by atoms with Crippen LogP contribution in [0.3, 0.4) is 0 Å². The predicted octanol–water partition coefficient (Wildman–Crippen LogP) is 1.99. The molecule has 0 aliphatic carbocycles. The Labute approximate surface area is 129 Å². The first-order valence-corrected chi connectivity index (χ1v) is 7.73. The molecule has 0 N–H and O–H groups in total. The van der Waals surface area contributed by atoms with E-state index in [1.165, 1.54) is 11.4 Å². The molecular formula is C16H20N6. The van der Waals surface area contributed by atoms with Gasteiger partial charge in [0.2, 0.25) is 0 Å². The van der Waals surface area contributed by atoms with Crippen molar-refractivity contribution < 1.29 is 0 Å². The molecule has 0 saturated carbocycles. The minimum Gasteiger partial charge on any atom is -0.295 e. The number of nitrogens with zero attached hydrogens (tertiary/aromatic N) is 6. The molecule has 4 rings (SSSR count). The van der Waals surface area contributed by atoms with Crippen molar-refractivity contribution in [1.29, 1.82) is 0 Å². The van der Waals surface area contributed by atoms with Crippen LogP contribution in [0.5, 0.6) is 0 Å². The van der Waals surface area contributed by atoms with Crippen LogP contribution in [0.4, 0.5) is 0 Å². The summed E-state index contributed by atoms with van der Waals surface area (Å²) in [5.74, 6) is 0. The number of likely N-dealkylation sites (tertiary alicyclic amines) is 1. The first-order chi connectivity index (χ1) is 10.7. The third-order valence-corrected chi connectivity index (χ3v) is 4.40. The number of hydrogen-bond acceptors (Lipinski definition) is 4. The normalized spacial score (nSPS) is 19.3. The SMILES string of the molecule is Cc1cc(C)n(C2CCN(Cc3cccc4ncnn34)C2)n1. The molecule has 1 aliphatic rings. The first kappa shape index (κ1) is 13.5. The van der Waals surface area contributed by atoms with Crippen molar-refractivity contribution in [2.24, 2.45) is 0 Å². The Bertz CT molecular complexity index is 802. The summed E-state index contributed by atoms with van der Waals surface area (Å²) in [6.45, 7) is 7.22. The summed E-state index contributed by atoms with van der Waals surface area (Å²) >= 11 is 0. The number of pyridine rings is 1. The molecule has 3 aromatic rings. The standard InChI is InChI=1S/C16H20N6/c1-12-8-13(2)21(19-12)15-6-7-20(10-15)9-14-4-3-5-16-17-11-18-22(14)16/h3-5,8,11,15H,6-7,9-10H2,1-2H3. The molecule has 114 valence electrons. The first-order valence-electron chi connectivity index (χ1n) is 7.73. The molecular weight excluding hydrogens is 276 g/mol. The summed E-state index contributed by atoms with van der Waals surface area (Å²) in [4.78, 5) is 6.72. The summed E-state index contributed by atoms with van der Waals surface area (Å²) in [6, 6.07) is 8.79. The molecule has 6 nitrogen and oxygen atoms in total. The third-order valence-electron chi connectivity index (χ3n) is 4.40. The Morgan fingerprint density at radius 3 is 3.00 bits per heavy atom. The molecule has 0 bridgehead atoms. The maximum Gasteiger partial charge on any atom is 0.155 e. The van der Waals surface area contributed by atoms with Crippen molar-refractivity contribution in [1.82, 2.24) is 29.3 Å². The molecule has 1 fully saturated rings. The second kappa shape index (κ2) is 5.21. The van der Waals surface area contributed by atoms with E-state index in [9.17, 15) is 0 Å². The van der Waals surface area contributed by atoms with Crippen molar-refractivity contribution in [3.8, 4) is 0 Å². The summed E-state index contributed by atoms with van der Waals surface area (Å²) in [5, 5.41) is 8.95. The molecule has 6 heteroatoms. The average molecular weight is 296 g/mol. The highest BCUT2D eigenvalue weighted by Gasteiger charge is 2.26. The molecule has 22 heavy (non-hydrogen) atoms. The van der Waals surface area contributed by atoms with Crippen molar-refractivity contribution >= 4 is 5.65 Å². The van der Waals surface area contributed by atoms with Crippen LogP contribution in [0.25, 0.3) is 5.65 Å². The van der Waals surface area contributed by atoms with E-state index in [2.05, 4.69) is 50.7 Å². The van der Waals surface area contributed by atoms with Gasteiger partial charge in [-0.05, 0) is 38.5 Å². The summed E-state index contributed by atoms with van der Waals surface area (Å²) in [6.07, 6.45) is 2.76. The van der Waals surface area contributed by atoms with E-state index in [4.69, 9.17) is 0 Å². The maximum atomic E-state index is 4.64. The van der Waals surface area contributed by atoms with E-state index in [0.717, 1.165) is 37.4 Å². The Hall–Kier alpha value is -2.21. The minimum absolute atomic E-state index is 0.476. The molecule has 0 spiro atoms. The largest absolute Gasteiger partial charge is 0.295 e. The Morgan fingerprint density at radius 1 is 1.27 bits per heavy atom. The number of fused-ring (bicyclic) bond motifs is 1. The minimum atomic E-state index is 0.476. The lowest BCUT2D eigenvalue weighted by Gasteiger charge is -2.17. The number of aryl methyl sites for hydroxylation is 2. The Balaban J connectivity index is 1.51. The van der Waals surface area contributed by atoms with Crippen molar-refractivity contribution in [3.63, 3.8) is 0 Å². The van der Waals surface area contributed by atoms with Crippen LogP contribution in [0.2, 0.25) is 0 Å². The molecule has 4 heterocycles. The van der Waals surface area contributed by atoms with E-state index < -0.39 is 0 Å². The molecule has 1 unspecified atom stereocenters.